The van der Waals surface area contributed by atoms with Crippen molar-refractivity contribution in [2.75, 3.05) is 0 Å². The Balaban J connectivity index is 1.24. The van der Waals surface area contributed by atoms with E-state index in [1.54, 1.807) is 0 Å². The number of rotatable bonds is 2. The van der Waals surface area contributed by atoms with Crippen molar-refractivity contribution < 1.29 is 0 Å². The largest absolute Gasteiger partial charge is 0.309 e. The van der Waals surface area contributed by atoms with Crippen LogP contribution in [-0.2, 0) is 0 Å². The van der Waals surface area contributed by atoms with E-state index in [1.165, 1.54) is 49.1 Å². The zero-order valence-corrected chi connectivity index (χ0v) is 22.5. The van der Waals surface area contributed by atoms with Gasteiger partial charge in [0.2, 0.25) is 0 Å². The van der Waals surface area contributed by atoms with Gasteiger partial charge in [0.05, 0.1) is 27.8 Å². The first-order valence-electron chi connectivity index (χ1n) is 14.3. The van der Waals surface area contributed by atoms with Crippen LogP contribution in [-0.4, -0.2) is 19.1 Å². The average molecular weight is 535 g/mol. The zero-order chi connectivity index (χ0) is 27.4. The van der Waals surface area contributed by atoms with Gasteiger partial charge in [-0.25, -0.2) is 4.98 Å². The summed E-state index contributed by atoms with van der Waals surface area (Å²) in [4.78, 5) is 9.84. The van der Waals surface area contributed by atoms with E-state index >= 15 is 0 Å². The highest BCUT2D eigenvalue weighted by Crippen LogP contribution is 2.46. The number of benzene rings is 5. The molecular weight excluding hydrogens is 512 g/mol. The number of hydrogen-bond acceptors (Lipinski definition) is 2. The van der Waals surface area contributed by atoms with Gasteiger partial charge in [-0.1, -0.05) is 72.8 Å². The third-order valence-corrected chi connectivity index (χ3v) is 8.93. The van der Waals surface area contributed by atoms with Gasteiger partial charge in [0.1, 0.15) is 5.82 Å². The Bertz CT molecular complexity index is 2530. The van der Waals surface area contributed by atoms with Crippen molar-refractivity contribution in [2.45, 2.75) is 0 Å². The van der Waals surface area contributed by atoms with Crippen molar-refractivity contribution in [2.24, 2.45) is 0 Å². The summed E-state index contributed by atoms with van der Waals surface area (Å²) < 4.78 is 4.69. The third-order valence-electron chi connectivity index (χ3n) is 8.93. The van der Waals surface area contributed by atoms with E-state index in [9.17, 15) is 0 Å². The first-order chi connectivity index (χ1) is 20.8. The molecule has 0 amide bonds. The van der Waals surface area contributed by atoms with Crippen molar-refractivity contribution in [3.05, 3.63) is 134 Å². The van der Waals surface area contributed by atoms with Gasteiger partial charge in [0.25, 0.3) is 0 Å². The minimum Gasteiger partial charge on any atom is -0.309 e. The third kappa shape index (κ3) is 2.76. The topological polar surface area (TPSA) is 35.6 Å². The van der Waals surface area contributed by atoms with Gasteiger partial charge in [0.15, 0.2) is 0 Å². The highest BCUT2D eigenvalue weighted by Gasteiger charge is 2.24. The fourth-order valence-corrected chi connectivity index (χ4v) is 7.18. The van der Waals surface area contributed by atoms with Crippen LogP contribution in [0.5, 0.6) is 0 Å². The second-order valence-electron chi connectivity index (χ2n) is 11.1. The number of fused-ring (bicyclic) bond motifs is 9. The molecule has 4 heterocycles. The molecule has 4 aromatic heterocycles. The van der Waals surface area contributed by atoms with Crippen molar-refractivity contribution in [3.63, 3.8) is 0 Å². The normalized spacial score (nSPS) is 12.3. The van der Waals surface area contributed by atoms with Crippen molar-refractivity contribution >= 4 is 54.4 Å². The molecule has 10 rings (SSSR count). The van der Waals surface area contributed by atoms with Gasteiger partial charge in [-0.05, 0) is 54.1 Å². The summed E-state index contributed by atoms with van der Waals surface area (Å²) in [6.07, 6.45) is 3.90. The lowest BCUT2D eigenvalue weighted by atomic mass is 10.1. The Labute approximate surface area is 240 Å². The zero-order valence-electron chi connectivity index (χ0n) is 22.5. The summed E-state index contributed by atoms with van der Waals surface area (Å²) in [5.41, 5.74) is 10.4. The maximum absolute atomic E-state index is 5.31. The maximum Gasteiger partial charge on any atom is 0.138 e. The van der Waals surface area contributed by atoms with Gasteiger partial charge >= 0.3 is 0 Å². The monoisotopic (exact) mass is 534 g/mol. The summed E-state index contributed by atoms with van der Waals surface area (Å²) in [7, 11) is 0. The molecule has 0 bridgehead atoms. The van der Waals surface area contributed by atoms with Crippen molar-refractivity contribution in [1.82, 2.24) is 19.1 Å². The molecule has 0 spiro atoms. The molecule has 0 aliphatic heterocycles. The molecular formula is C38H22N4. The van der Waals surface area contributed by atoms with E-state index < -0.39 is 0 Å². The fraction of sp³-hybridized carbons (Fsp3) is 0. The molecule has 0 radical (unpaired) electrons. The molecule has 4 heteroatoms. The van der Waals surface area contributed by atoms with Crippen LogP contribution in [0.3, 0.4) is 0 Å². The van der Waals surface area contributed by atoms with Crippen LogP contribution >= 0.6 is 0 Å². The fourth-order valence-electron chi connectivity index (χ4n) is 7.18. The van der Waals surface area contributed by atoms with Crippen LogP contribution in [0.15, 0.2) is 134 Å². The summed E-state index contributed by atoms with van der Waals surface area (Å²) in [6, 6.07) is 43.6. The Hall–Kier alpha value is -5.74. The summed E-state index contributed by atoms with van der Waals surface area (Å²) in [6.45, 7) is 0. The van der Waals surface area contributed by atoms with Gasteiger partial charge in [-0.3, -0.25) is 9.55 Å². The lowest BCUT2D eigenvalue weighted by Gasteiger charge is -2.11. The second-order valence-corrected chi connectivity index (χ2v) is 11.1. The summed E-state index contributed by atoms with van der Waals surface area (Å²) in [5.74, 6) is 0.911. The number of pyridine rings is 2. The predicted octanol–water partition coefficient (Wildman–Crippen LogP) is 9.47. The Morgan fingerprint density at radius 2 is 1.12 bits per heavy atom. The van der Waals surface area contributed by atoms with E-state index in [-0.39, 0.29) is 0 Å². The summed E-state index contributed by atoms with van der Waals surface area (Å²) in [5, 5.41) is 7.35. The van der Waals surface area contributed by atoms with E-state index in [4.69, 9.17) is 4.98 Å². The predicted molar refractivity (Wildman–Crippen MR) is 173 cm³/mol. The number of hydrogen-bond donors (Lipinski definition) is 0. The standard InChI is InChI=1S/C38H22N4/c1-4-13-32-25(9-1)26-10-2-5-14-33(26)41(32)24-16-18-35-30(20-24)27-11-3-6-15-34(27)42(35)36-19-17-29-28-12-7-8-23-21-39-22-31(37(23)28)38(29)40-36/h1-22H. The average Bonchev–Trinajstić information content (AvgIpc) is 3.68. The van der Waals surface area contributed by atoms with Gasteiger partial charge in [-0.15, -0.1) is 0 Å². The molecule has 9 aromatic rings. The Morgan fingerprint density at radius 3 is 1.88 bits per heavy atom. The van der Waals surface area contributed by atoms with Gasteiger partial charge in [0, 0.05) is 61.5 Å². The van der Waals surface area contributed by atoms with Gasteiger partial charge in [-0.2, -0.15) is 0 Å². The van der Waals surface area contributed by atoms with E-state index in [1.807, 2.05) is 12.4 Å². The maximum atomic E-state index is 5.31. The quantitative estimate of drug-likeness (QED) is 0.221. The second kappa shape index (κ2) is 7.93. The van der Waals surface area contributed by atoms with Crippen LogP contribution in [0.25, 0.3) is 88.3 Å². The highest BCUT2D eigenvalue weighted by atomic mass is 15.1. The Morgan fingerprint density at radius 1 is 0.452 bits per heavy atom. The number of aromatic nitrogens is 4. The van der Waals surface area contributed by atoms with E-state index in [0.29, 0.717) is 0 Å². The lowest BCUT2D eigenvalue weighted by Crippen LogP contribution is -1.99. The molecule has 0 atom stereocenters. The van der Waals surface area contributed by atoms with Gasteiger partial charge < -0.3 is 4.57 Å². The van der Waals surface area contributed by atoms with Crippen LogP contribution in [0.2, 0.25) is 0 Å². The lowest BCUT2D eigenvalue weighted by molar-refractivity contribution is 1.08. The van der Waals surface area contributed by atoms with Crippen LogP contribution in [0.1, 0.15) is 0 Å². The molecule has 4 nitrogen and oxygen atoms in total. The molecule has 0 fully saturated rings. The minimum absolute atomic E-state index is 0.911. The number of para-hydroxylation sites is 3. The SMILES string of the molecule is c1cc2c3c(cncc3c1)-c1nc(-n3c4ccccc4c4cc(-n5c6ccccc6c6ccccc65)ccc43)ccc1-2. The minimum atomic E-state index is 0.911. The molecule has 0 saturated heterocycles. The molecule has 1 aliphatic rings. The molecule has 0 unspecified atom stereocenters. The summed E-state index contributed by atoms with van der Waals surface area (Å²) >= 11 is 0. The number of nitrogens with zero attached hydrogens (tertiary/aromatic N) is 4. The van der Waals surface area contributed by atoms with Crippen LogP contribution < -0.4 is 0 Å². The molecule has 0 N–H and O–H groups in total. The highest BCUT2D eigenvalue weighted by molar-refractivity contribution is 6.15. The molecule has 42 heavy (non-hydrogen) atoms. The smallest absolute Gasteiger partial charge is 0.138 e. The first-order valence-corrected chi connectivity index (χ1v) is 14.3. The molecule has 1 aliphatic carbocycles. The Kier molecular flexibility index (Phi) is 4.15. The molecule has 194 valence electrons. The van der Waals surface area contributed by atoms with Crippen LogP contribution in [0.4, 0.5) is 0 Å². The van der Waals surface area contributed by atoms with E-state index in [2.05, 4.69) is 135 Å². The molecule has 5 aromatic carbocycles. The van der Waals surface area contributed by atoms with E-state index in [0.717, 1.165) is 39.2 Å². The first kappa shape index (κ1) is 22.0. The van der Waals surface area contributed by atoms with Crippen molar-refractivity contribution in [3.8, 4) is 33.9 Å². The van der Waals surface area contributed by atoms with Crippen molar-refractivity contribution in [1.29, 1.82) is 0 Å². The van der Waals surface area contributed by atoms with Crippen LogP contribution in [0, 0.1) is 0 Å². The molecule has 0 saturated carbocycles.